The Balaban J connectivity index is 2.62. The van der Waals surface area contributed by atoms with E-state index in [4.69, 9.17) is 9.78 Å². The molecule has 5 heteroatoms. The van der Waals surface area contributed by atoms with E-state index >= 15 is 0 Å². The van der Waals surface area contributed by atoms with Gasteiger partial charge in [-0.1, -0.05) is 0 Å². The van der Waals surface area contributed by atoms with E-state index in [1.165, 1.54) is 25.6 Å². The topological polar surface area (TPSA) is 36.9 Å². The molecule has 0 unspecified atom stereocenters. The molecule has 0 atom stereocenters. The second-order valence-electron chi connectivity index (χ2n) is 1.60. The lowest BCUT2D eigenvalue weighted by molar-refractivity contribution is -0.201. The molecular weight excluding hydrogens is 168 g/mol. The van der Waals surface area contributed by atoms with Gasteiger partial charge < -0.3 is 9.78 Å². The van der Waals surface area contributed by atoms with E-state index in [2.05, 4.69) is 9.78 Å². The van der Waals surface area contributed by atoms with Crippen LogP contribution in [0.4, 0.5) is 0 Å². The summed E-state index contributed by atoms with van der Waals surface area (Å²) in [5, 5.41) is 3.50. The second kappa shape index (κ2) is 4.17. The van der Waals surface area contributed by atoms with Crippen molar-refractivity contribution < 1.29 is 19.6 Å². The van der Waals surface area contributed by atoms with Gasteiger partial charge in [-0.15, -0.1) is 11.3 Å². The molecule has 0 aliphatic heterocycles. The molecule has 0 aliphatic rings. The molecule has 0 aliphatic carbocycles. The fourth-order valence-electron chi connectivity index (χ4n) is 0.575. The molecule has 0 saturated carbocycles. The summed E-state index contributed by atoms with van der Waals surface area (Å²) in [6.07, 6.45) is 0. The molecule has 1 heterocycles. The highest BCUT2D eigenvalue weighted by atomic mass is 32.1. The highest BCUT2D eigenvalue weighted by Gasteiger charge is 2.06. The minimum Gasteiger partial charge on any atom is -0.333 e. The maximum Gasteiger partial charge on any atom is 0.221 e. The van der Waals surface area contributed by atoms with Crippen LogP contribution in [0.5, 0.6) is 11.5 Å². The molecule has 0 fully saturated rings. The molecular formula is C6H8O4S. The summed E-state index contributed by atoms with van der Waals surface area (Å²) in [5.74, 6) is 1.03. The predicted molar refractivity (Wildman–Crippen MR) is 39.6 cm³/mol. The van der Waals surface area contributed by atoms with Gasteiger partial charge in [0, 0.05) is 10.8 Å². The Kier molecular flexibility index (Phi) is 3.15. The number of hydrogen-bond acceptors (Lipinski definition) is 5. The third-order valence-electron chi connectivity index (χ3n) is 0.939. The Hall–Kier alpha value is -0.780. The smallest absolute Gasteiger partial charge is 0.221 e. The highest BCUT2D eigenvalue weighted by Crippen LogP contribution is 2.31. The zero-order chi connectivity index (χ0) is 8.10. The molecule has 4 nitrogen and oxygen atoms in total. The quantitative estimate of drug-likeness (QED) is 0.516. The van der Waals surface area contributed by atoms with E-state index in [9.17, 15) is 0 Å². The third-order valence-corrected chi connectivity index (χ3v) is 1.64. The molecule has 1 aromatic rings. The number of hydrogen-bond donors (Lipinski definition) is 0. The summed E-state index contributed by atoms with van der Waals surface area (Å²) in [6.45, 7) is 0. The normalized spacial score (nSPS) is 9.64. The standard InChI is InChI=1S/C6H8O4S/c1-7-9-5-3-11-4-6(5)10-8-2/h3-4H,1-2H3. The average Bonchev–Trinajstić information content (AvgIpc) is 2.39. The van der Waals surface area contributed by atoms with Crippen molar-refractivity contribution >= 4 is 11.3 Å². The van der Waals surface area contributed by atoms with Gasteiger partial charge in [0.05, 0.1) is 14.2 Å². The van der Waals surface area contributed by atoms with Gasteiger partial charge in [-0.3, -0.25) is 0 Å². The summed E-state index contributed by atoms with van der Waals surface area (Å²) < 4.78 is 0. The summed E-state index contributed by atoms with van der Waals surface area (Å²) in [6, 6.07) is 0. The van der Waals surface area contributed by atoms with Gasteiger partial charge in [-0.25, -0.2) is 0 Å². The lowest BCUT2D eigenvalue weighted by atomic mass is 10.5. The Labute approximate surface area is 68.1 Å². The third kappa shape index (κ3) is 2.07. The Morgan fingerprint density at radius 1 is 1.00 bits per heavy atom. The van der Waals surface area contributed by atoms with Gasteiger partial charge in [-0.05, 0) is 0 Å². The van der Waals surface area contributed by atoms with Crippen LogP contribution in [0.1, 0.15) is 0 Å². The van der Waals surface area contributed by atoms with Crippen LogP contribution in [-0.4, -0.2) is 14.2 Å². The molecule has 0 N–H and O–H groups in total. The lowest BCUT2D eigenvalue weighted by Crippen LogP contribution is -1.94. The minimum absolute atomic E-state index is 0.513. The van der Waals surface area contributed by atoms with Crippen molar-refractivity contribution in [3.05, 3.63) is 10.8 Å². The van der Waals surface area contributed by atoms with E-state index in [0.717, 1.165) is 0 Å². The minimum atomic E-state index is 0.513. The van der Waals surface area contributed by atoms with Crippen molar-refractivity contribution in [2.45, 2.75) is 0 Å². The van der Waals surface area contributed by atoms with Crippen LogP contribution in [0.25, 0.3) is 0 Å². The molecule has 0 amide bonds. The van der Waals surface area contributed by atoms with E-state index < -0.39 is 0 Å². The highest BCUT2D eigenvalue weighted by molar-refractivity contribution is 7.08. The molecule has 62 valence electrons. The molecule has 1 rings (SSSR count). The van der Waals surface area contributed by atoms with Crippen LogP contribution in [0.3, 0.4) is 0 Å². The molecule has 0 spiro atoms. The molecule has 0 aromatic carbocycles. The van der Waals surface area contributed by atoms with Crippen LogP contribution >= 0.6 is 11.3 Å². The van der Waals surface area contributed by atoms with Gasteiger partial charge in [0.1, 0.15) is 0 Å². The first kappa shape index (κ1) is 8.32. The Morgan fingerprint density at radius 2 is 1.45 bits per heavy atom. The fraction of sp³-hybridized carbons (Fsp3) is 0.333. The van der Waals surface area contributed by atoms with Crippen molar-refractivity contribution in [3.8, 4) is 11.5 Å². The second-order valence-corrected chi connectivity index (χ2v) is 2.34. The molecule has 0 radical (unpaired) electrons. The Morgan fingerprint density at radius 3 is 1.82 bits per heavy atom. The fourth-order valence-corrected chi connectivity index (χ4v) is 1.20. The summed E-state index contributed by atoms with van der Waals surface area (Å²) in [4.78, 5) is 18.4. The van der Waals surface area contributed by atoms with Crippen molar-refractivity contribution in [2.75, 3.05) is 14.2 Å². The van der Waals surface area contributed by atoms with Crippen LogP contribution in [0, 0.1) is 0 Å². The molecule has 1 aromatic heterocycles. The van der Waals surface area contributed by atoms with Gasteiger partial charge in [0.2, 0.25) is 11.5 Å². The summed E-state index contributed by atoms with van der Waals surface area (Å²) >= 11 is 1.44. The maximum atomic E-state index is 4.73. The first-order valence-electron chi connectivity index (χ1n) is 2.86. The summed E-state index contributed by atoms with van der Waals surface area (Å²) in [7, 11) is 2.85. The van der Waals surface area contributed by atoms with Gasteiger partial charge in [-0.2, -0.15) is 9.78 Å². The first-order valence-corrected chi connectivity index (χ1v) is 3.80. The SMILES string of the molecule is COOc1cscc1OOC. The van der Waals surface area contributed by atoms with Crippen LogP contribution < -0.4 is 9.78 Å². The zero-order valence-electron chi connectivity index (χ0n) is 6.20. The maximum absolute atomic E-state index is 4.73. The van der Waals surface area contributed by atoms with Crippen LogP contribution in [-0.2, 0) is 9.78 Å². The van der Waals surface area contributed by atoms with E-state index in [1.54, 1.807) is 10.8 Å². The number of rotatable bonds is 4. The largest absolute Gasteiger partial charge is 0.333 e. The average molecular weight is 176 g/mol. The molecule has 0 saturated heterocycles. The number of thiophene rings is 1. The lowest BCUT2D eigenvalue weighted by Gasteiger charge is -2.00. The predicted octanol–water partition coefficient (Wildman–Crippen LogP) is 1.63. The van der Waals surface area contributed by atoms with E-state index in [-0.39, 0.29) is 0 Å². The van der Waals surface area contributed by atoms with Gasteiger partial charge in [0.15, 0.2) is 0 Å². The van der Waals surface area contributed by atoms with E-state index in [1.807, 2.05) is 0 Å². The van der Waals surface area contributed by atoms with Gasteiger partial charge in [0.25, 0.3) is 0 Å². The molecule has 0 bridgehead atoms. The first-order chi connectivity index (χ1) is 5.38. The summed E-state index contributed by atoms with van der Waals surface area (Å²) in [5.41, 5.74) is 0. The van der Waals surface area contributed by atoms with Crippen molar-refractivity contribution in [3.63, 3.8) is 0 Å². The van der Waals surface area contributed by atoms with Crippen molar-refractivity contribution in [1.29, 1.82) is 0 Å². The van der Waals surface area contributed by atoms with Crippen LogP contribution in [0.2, 0.25) is 0 Å². The molecule has 11 heavy (non-hydrogen) atoms. The van der Waals surface area contributed by atoms with Crippen molar-refractivity contribution in [2.24, 2.45) is 0 Å². The van der Waals surface area contributed by atoms with E-state index in [0.29, 0.717) is 11.5 Å². The Bertz CT molecular complexity index is 190. The van der Waals surface area contributed by atoms with Crippen LogP contribution in [0.15, 0.2) is 10.8 Å². The zero-order valence-corrected chi connectivity index (χ0v) is 7.01. The van der Waals surface area contributed by atoms with Crippen molar-refractivity contribution in [1.82, 2.24) is 0 Å². The monoisotopic (exact) mass is 176 g/mol. The van der Waals surface area contributed by atoms with Gasteiger partial charge >= 0.3 is 0 Å².